The molecule has 0 aromatic carbocycles. The quantitative estimate of drug-likeness (QED) is 0.501. The van der Waals surface area contributed by atoms with Crippen LogP contribution in [0.25, 0.3) is 0 Å². The third-order valence-corrected chi connectivity index (χ3v) is 2.52. The van der Waals surface area contributed by atoms with Crippen LogP contribution in [-0.4, -0.2) is 23.0 Å². The molecule has 0 radical (unpaired) electrons. The highest BCUT2D eigenvalue weighted by molar-refractivity contribution is 5.77. The van der Waals surface area contributed by atoms with Crippen molar-refractivity contribution in [2.45, 2.75) is 52.0 Å². The van der Waals surface area contributed by atoms with Crippen LogP contribution < -0.4 is 5.32 Å². The number of unbranched alkanes of at least 4 members (excludes halogenated alkanes) is 2. The molecule has 4 nitrogen and oxygen atoms in total. The van der Waals surface area contributed by atoms with Crippen LogP contribution in [0.2, 0.25) is 0 Å². The molecule has 0 rings (SSSR count). The Labute approximate surface area is 103 Å². The monoisotopic (exact) mass is 239 g/mol. The first kappa shape index (κ1) is 15.5. The van der Waals surface area contributed by atoms with Crippen molar-refractivity contribution in [2.75, 3.05) is 0 Å². The zero-order valence-electron chi connectivity index (χ0n) is 10.5. The van der Waals surface area contributed by atoms with E-state index in [1.807, 2.05) is 13.8 Å². The normalized spacial score (nSPS) is 11.9. The minimum absolute atomic E-state index is 0.0340. The molecule has 0 aromatic heterocycles. The van der Waals surface area contributed by atoms with Crippen LogP contribution in [0.1, 0.15) is 46.0 Å². The van der Waals surface area contributed by atoms with E-state index >= 15 is 0 Å². The van der Waals surface area contributed by atoms with Crippen molar-refractivity contribution < 1.29 is 14.7 Å². The fourth-order valence-electron chi connectivity index (χ4n) is 1.43. The van der Waals surface area contributed by atoms with Crippen molar-refractivity contribution in [1.82, 2.24) is 5.32 Å². The van der Waals surface area contributed by atoms with Crippen LogP contribution in [-0.2, 0) is 9.59 Å². The van der Waals surface area contributed by atoms with Crippen LogP contribution in [0, 0.1) is 18.3 Å². The second-order valence-corrected chi connectivity index (χ2v) is 4.43. The zero-order chi connectivity index (χ0) is 13.3. The van der Waals surface area contributed by atoms with E-state index in [-0.39, 0.29) is 24.3 Å². The van der Waals surface area contributed by atoms with Gasteiger partial charge in [0.05, 0.1) is 6.42 Å². The van der Waals surface area contributed by atoms with Crippen molar-refractivity contribution in [3.63, 3.8) is 0 Å². The maximum atomic E-state index is 11.5. The van der Waals surface area contributed by atoms with Crippen molar-refractivity contribution >= 4 is 11.9 Å². The molecule has 4 heteroatoms. The molecule has 96 valence electrons. The number of terminal acetylenes is 1. The predicted molar refractivity (Wildman–Crippen MR) is 66.3 cm³/mol. The third kappa shape index (κ3) is 8.32. The van der Waals surface area contributed by atoms with E-state index in [1.165, 1.54) is 0 Å². The summed E-state index contributed by atoms with van der Waals surface area (Å²) in [6.07, 6.45) is 7.73. The minimum atomic E-state index is -0.892. The lowest BCUT2D eigenvalue weighted by molar-refractivity contribution is -0.138. The molecule has 0 bridgehead atoms. The van der Waals surface area contributed by atoms with Gasteiger partial charge in [0.25, 0.3) is 0 Å². The van der Waals surface area contributed by atoms with Gasteiger partial charge in [0, 0.05) is 18.9 Å². The largest absolute Gasteiger partial charge is 0.481 e. The van der Waals surface area contributed by atoms with E-state index < -0.39 is 5.97 Å². The number of rotatable bonds is 8. The molecule has 0 aromatic rings. The number of carbonyl (C=O) groups excluding carboxylic acids is 1. The Morgan fingerprint density at radius 2 is 2.00 bits per heavy atom. The summed E-state index contributed by atoms with van der Waals surface area (Å²) in [5.41, 5.74) is 0. The van der Waals surface area contributed by atoms with Gasteiger partial charge >= 0.3 is 5.97 Å². The lowest BCUT2D eigenvalue weighted by Gasteiger charge is -2.20. The van der Waals surface area contributed by atoms with Gasteiger partial charge < -0.3 is 10.4 Å². The molecule has 1 unspecified atom stereocenters. The number of carboxylic acid groups (broad SMARTS) is 1. The molecule has 0 aliphatic heterocycles. The molecule has 0 heterocycles. The number of hydrogen-bond acceptors (Lipinski definition) is 2. The number of amides is 1. The summed E-state index contributed by atoms with van der Waals surface area (Å²) >= 11 is 0. The van der Waals surface area contributed by atoms with Gasteiger partial charge in [-0.15, -0.1) is 12.3 Å². The summed E-state index contributed by atoms with van der Waals surface area (Å²) in [7, 11) is 0. The van der Waals surface area contributed by atoms with Gasteiger partial charge in [-0.05, 0) is 18.8 Å². The highest BCUT2D eigenvalue weighted by Gasteiger charge is 2.18. The fourth-order valence-corrected chi connectivity index (χ4v) is 1.43. The predicted octanol–water partition coefficient (Wildman–Crippen LogP) is 1.80. The maximum absolute atomic E-state index is 11.5. The topological polar surface area (TPSA) is 66.4 Å². The van der Waals surface area contributed by atoms with Gasteiger partial charge in [0.1, 0.15) is 0 Å². The Hall–Kier alpha value is -1.50. The minimum Gasteiger partial charge on any atom is -0.481 e. The highest BCUT2D eigenvalue weighted by Crippen LogP contribution is 2.07. The second kappa shape index (κ2) is 8.63. The highest BCUT2D eigenvalue weighted by atomic mass is 16.4. The molecule has 0 fully saturated rings. The van der Waals surface area contributed by atoms with Crippen molar-refractivity contribution in [3.8, 4) is 12.3 Å². The fraction of sp³-hybridized carbons (Fsp3) is 0.692. The van der Waals surface area contributed by atoms with Crippen LogP contribution in [0.15, 0.2) is 0 Å². The van der Waals surface area contributed by atoms with E-state index in [0.717, 1.165) is 12.8 Å². The first-order chi connectivity index (χ1) is 7.97. The lowest BCUT2D eigenvalue weighted by Crippen LogP contribution is -2.39. The average molecular weight is 239 g/mol. The summed E-state index contributed by atoms with van der Waals surface area (Å²) in [6, 6.07) is -0.298. The molecule has 17 heavy (non-hydrogen) atoms. The molecule has 0 aliphatic rings. The summed E-state index contributed by atoms with van der Waals surface area (Å²) in [5, 5.41) is 11.5. The van der Waals surface area contributed by atoms with Crippen LogP contribution in [0.5, 0.6) is 0 Å². The van der Waals surface area contributed by atoms with E-state index in [9.17, 15) is 9.59 Å². The summed E-state index contributed by atoms with van der Waals surface area (Å²) in [5.74, 6) is 1.64. The number of hydrogen-bond donors (Lipinski definition) is 2. The SMILES string of the molecule is C#CCCCCC(=O)NC(CC(=O)O)C(C)C. The standard InChI is InChI=1S/C13H21NO3/c1-4-5-6-7-8-12(15)14-11(10(2)3)9-13(16)17/h1,10-11H,5-9H2,2-3H3,(H,14,15)(H,16,17). The molecule has 0 saturated carbocycles. The van der Waals surface area contributed by atoms with Gasteiger partial charge in [-0.2, -0.15) is 0 Å². The van der Waals surface area contributed by atoms with E-state index in [2.05, 4.69) is 11.2 Å². The molecule has 0 aliphatic carbocycles. The number of carboxylic acids is 1. The van der Waals surface area contributed by atoms with Crippen LogP contribution >= 0.6 is 0 Å². The Morgan fingerprint density at radius 1 is 1.35 bits per heavy atom. The number of aliphatic carboxylic acids is 1. The summed E-state index contributed by atoms with van der Waals surface area (Å²) in [4.78, 5) is 22.2. The second-order valence-electron chi connectivity index (χ2n) is 4.43. The van der Waals surface area contributed by atoms with Gasteiger partial charge in [-0.25, -0.2) is 0 Å². The molecule has 0 saturated heterocycles. The number of nitrogens with one attached hydrogen (secondary N) is 1. The van der Waals surface area contributed by atoms with E-state index in [0.29, 0.717) is 12.8 Å². The summed E-state index contributed by atoms with van der Waals surface area (Å²) in [6.45, 7) is 3.79. The van der Waals surface area contributed by atoms with Crippen LogP contribution in [0.4, 0.5) is 0 Å². The number of carbonyl (C=O) groups is 2. The van der Waals surface area contributed by atoms with E-state index in [1.54, 1.807) is 0 Å². The van der Waals surface area contributed by atoms with Crippen LogP contribution in [0.3, 0.4) is 0 Å². The maximum Gasteiger partial charge on any atom is 0.305 e. The third-order valence-electron chi connectivity index (χ3n) is 2.52. The Kier molecular flexibility index (Phi) is 7.87. The van der Waals surface area contributed by atoms with Crippen molar-refractivity contribution in [3.05, 3.63) is 0 Å². The van der Waals surface area contributed by atoms with Gasteiger partial charge in [-0.1, -0.05) is 13.8 Å². The van der Waals surface area contributed by atoms with Gasteiger partial charge in [-0.3, -0.25) is 9.59 Å². The molecular formula is C13H21NO3. The zero-order valence-corrected chi connectivity index (χ0v) is 10.5. The summed E-state index contributed by atoms with van der Waals surface area (Å²) < 4.78 is 0. The molecular weight excluding hydrogens is 218 g/mol. The first-order valence-corrected chi connectivity index (χ1v) is 5.92. The van der Waals surface area contributed by atoms with Crippen molar-refractivity contribution in [1.29, 1.82) is 0 Å². The van der Waals surface area contributed by atoms with Gasteiger partial charge in [0.2, 0.25) is 5.91 Å². The molecule has 1 amide bonds. The van der Waals surface area contributed by atoms with E-state index in [4.69, 9.17) is 11.5 Å². The van der Waals surface area contributed by atoms with Gasteiger partial charge in [0.15, 0.2) is 0 Å². The molecule has 2 N–H and O–H groups in total. The Morgan fingerprint density at radius 3 is 2.47 bits per heavy atom. The Bertz CT molecular complexity index is 292. The lowest BCUT2D eigenvalue weighted by atomic mass is 10.0. The average Bonchev–Trinajstić information content (AvgIpc) is 2.22. The molecule has 0 spiro atoms. The van der Waals surface area contributed by atoms with Crippen molar-refractivity contribution in [2.24, 2.45) is 5.92 Å². The molecule has 1 atom stereocenters. The first-order valence-electron chi connectivity index (χ1n) is 5.92. The Balaban J connectivity index is 3.96. The smallest absolute Gasteiger partial charge is 0.305 e.